The molecule has 0 saturated carbocycles. The highest BCUT2D eigenvalue weighted by Gasteiger charge is 2.26. The zero-order valence-corrected chi connectivity index (χ0v) is 11.2. The van der Waals surface area contributed by atoms with Gasteiger partial charge in [0, 0.05) is 17.0 Å². The lowest BCUT2D eigenvalue weighted by Crippen LogP contribution is -2.39. The Bertz CT molecular complexity index is 470. The van der Waals surface area contributed by atoms with Crippen LogP contribution in [0.15, 0.2) is 22.7 Å². The highest BCUT2D eigenvalue weighted by molar-refractivity contribution is 9.10. The smallest absolute Gasteiger partial charge is 0.217 e. The highest BCUT2D eigenvalue weighted by Crippen LogP contribution is 2.27. The maximum atomic E-state index is 12.3. The predicted molar refractivity (Wildman–Crippen MR) is 69.0 cm³/mol. The van der Waals surface area contributed by atoms with E-state index >= 15 is 0 Å². The van der Waals surface area contributed by atoms with Gasteiger partial charge in [-0.25, -0.2) is 0 Å². The van der Waals surface area contributed by atoms with Crippen LogP contribution in [0.3, 0.4) is 0 Å². The molecule has 0 radical (unpaired) electrons. The third-order valence-electron chi connectivity index (χ3n) is 3.00. The van der Waals surface area contributed by atoms with Crippen molar-refractivity contribution in [3.05, 3.63) is 33.8 Å². The minimum Gasteiger partial charge on any atom is -0.346 e. The molecule has 0 bridgehead atoms. The molecule has 0 aromatic heterocycles. The zero-order valence-electron chi connectivity index (χ0n) is 9.63. The second kappa shape index (κ2) is 5.00. The van der Waals surface area contributed by atoms with Crippen LogP contribution in [-0.4, -0.2) is 17.7 Å². The van der Waals surface area contributed by atoms with Gasteiger partial charge in [0.05, 0.1) is 6.04 Å². The number of amides is 1. The Balaban J connectivity index is 2.36. The van der Waals surface area contributed by atoms with Crippen LogP contribution >= 0.6 is 15.9 Å². The molecule has 0 heterocycles. The van der Waals surface area contributed by atoms with Gasteiger partial charge in [-0.2, -0.15) is 0 Å². The molecule has 1 amide bonds. The fourth-order valence-corrected chi connectivity index (χ4v) is 2.79. The van der Waals surface area contributed by atoms with Crippen LogP contribution < -0.4 is 5.32 Å². The number of carbonyl (C=O) groups excluding carboxylic acids is 2. The van der Waals surface area contributed by atoms with Crippen LogP contribution in [0.1, 0.15) is 35.7 Å². The van der Waals surface area contributed by atoms with E-state index in [2.05, 4.69) is 21.2 Å². The molecule has 1 unspecified atom stereocenters. The highest BCUT2D eigenvalue weighted by atomic mass is 79.9. The molecule has 1 atom stereocenters. The molecule has 90 valence electrons. The van der Waals surface area contributed by atoms with Crippen LogP contribution in [-0.2, 0) is 11.2 Å². The minimum absolute atomic E-state index is 0.0222. The fourth-order valence-electron chi connectivity index (χ4n) is 2.23. The van der Waals surface area contributed by atoms with Gasteiger partial charge >= 0.3 is 0 Å². The summed E-state index contributed by atoms with van der Waals surface area (Å²) in [6.07, 6.45) is 2.49. The van der Waals surface area contributed by atoms with Crippen molar-refractivity contribution in [2.75, 3.05) is 0 Å². The van der Waals surface area contributed by atoms with E-state index in [1.807, 2.05) is 18.2 Å². The first-order chi connectivity index (χ1) is 8.09. The maximum absolute atomic E-state index is 12.3. The molecule has 0 saturated heterocycles. The lowest BCUT2D eigenvalue weighted by Gasteiger charge is -2.14. The van der Waals surface area contributed by atoms with E-state index in [4.69, 9.17) is 0 Å². The summed E-state index contributed by atoms with van der Waals surface area (Å²) in [6.45, 7) is 1.44. The molecule has 3 nitrogen and oxygen atoms in total. The molecule has 4 heteroatoms. The maximum Gasteiger partial charge on any atom is 0.217 e. The Kier molecular flexibility index (Phi) is 3.62. The number of nitrogens with one attached hydrogen (secondary N) is 1. The summed E-state index contributed by atoms with van der Waals surface area (Å²) >= 11 is 3.48. The van der Waals surface area contributed by atoms with Crippen molar-refractivity contribution in [3.8, 4) is 0 Å². The first-order valence-electron chi connectivity index (χ1n) is 5.68. The molecular weight excluding hydrogens is 282 g/mol. The third kappa shape index (κ3) is 2.57. The first-order valence-corrected chi connectivity index (χ1v) is 6.47. The van der Waals surface area contributed by atoms with Gasteiger partial charge in [-0.1, -0.05) is 28.1 Å². The van der Waals surface area contributed by atoms with E-state index in [1.54, 1.807) is 0 Å². The number of Topliss-reactive ketones (excluding diaryl/α,β-unsaturated/α-hetero) is 1. The van der Waals surface area contributed by atoms with E-state index in [9.17, 15) is 9.59 Å². The molecule has 1 aliphatic carbocycles. The second-order valence-electron chi connectivity index (χ2n) is 4.28. The normalized spacial score (nSPS) is 19.4. The predicted octanol–water partition coefficient (Wildman–Crippen LogP) is 2.47. The summed E-state index contributed by atoms with van der Waals surface area (Å²) in [5.41, 5.74) is 1.79. The van der Waals surface area contributed by atoms with Gasteiger partial charge in [0.15, 0.2) is 5.78 Å². The van der Waals surface area contributed by atoms with Crippen molar-refractivity contribution in [2.24, 2.45) is 0 Å². The fraction of sp³-hybridized carbons (Fsp3) is 0.385. The van der Waals surface area contributed by atoms with Crippen LogP contribution in [0.4, 0.5) is 0 Å². The molecule has 1 aliphatic rings. The number of fused-ring (bicyclic) bond motifs is 1. The number of benzene rings is 1. The average Bonchev–Trinajstić information content (AvgIpc) is 2.41. The minimum atomic E-state index is -0.372. The molecule has 0 spiro atoms. The second-order valence-corrected chi connectivity index (χ2v) is 5.13. The summed E-state index contributed by atoms with van der Waals surface area (Å²) in [7, 11) is 0. The van der Waals surface area contributed by atoms with Gasteiger partial charge in [-0.05, 0) is 30.9 Å². The zero-order chi connectivity index (χ0) is 12.4. The summed E-state index contributed by atoms with van der Waals surface area (Å²) in [5, 5.41) is 2.73. The lowest BCUT2D eigenvalue weighted by atomic mass is 10.0. The van der Waals surface area contributed by atoms with Crippen LogP contribution in [0.2, 0.25) is 0 Å². The number of hydrogen-bond acceptors (Lipinski definition) is 2. The number of rotatable bonds is 1. The van der Waals surface area contributed by atoms with Crippen molar-refractivity contribution in [1.82, 2.24) is 5.32 Å². The van der Waals surface area contributed by atoms with Crippen LogP contribution in [0.5, 0.6) is 0 Å². The van der Waals surface area contributed by atoms with Crippen LogP contribution in [0, 0.1) is 0 Å². The SMILES string of the molecule is CC(=O)NC1CCCc2c(Br)cccc2C1=O. The van der Waals surface area contributed by atoms with E-state index in [-0.39, 0.29) is 17.7 Å². The molecule has 1 N–H and O–H groups in total. The molecular formula is C13H14BrNO2. The third-order valence-corrected chi connectivity index (χ3v) is 3.74. The van der Waals surface area contributed by atoms with Gasteiger partial charge in [-0.15, -0.1) is 0 Å². The van der Waals surface area contributed by atoms with E-state index in [0.717, 1.165) is 28.4 Å². The average molecular weight is 296 g/mol. The van der Waals surface area contributed by atoms with E-state index in [1.165, 1.54) is 6.92 Å². The van der Waals surface area contributed by atoms with Crippen molar-refractivity contribution in [3.63, 3.8) is 0 Å². The van der Waals surface area contributed by atoms with Gasteiger partial charge in [0.25, 0.3) is 0 Å². The van der Waals surface area contributed by atoms with Crippen molar-refractivity contribution < 1.29 is 9.59 Å². The first kappa shape index (κ1) is 12.3. The van der Waals surface area contributed by atoms with Gasteiger partial charge in [0.1, 0.15) is 0 Å². The Labute approximate surface area is 109 Å². The summed E-state index contributed by atoms with van der Waals surface area (Å²) in [6, 6.07) is 5.27. The molecule has 0 aliphatic heterocycles. The Hall–Kier alpha value is -1.16. The lowest BCUT2D eigenvalue weighted by molar-refractivity contribution is -0.119. The summed E-state index contributed by atoms with van der Waals surface area (Å²) in [5.74, 6) is -0.129. The van der Waals surface area contributed by atoms with E-state index in [0.29, 0.717) is 6.42 Å². The number of carbonyl (C=O) groups is 2. The van der Waals surface area contributed by atoms with Crippen molar-refractivity contribution >= 4 is 27.6 Å². The Morgan fingerprint density at radius 3 is 2.94 bits per heavy atom. The Morgan fingerprint density at radius 2 is 2.24 bits per heavy atom. The van der Waals surface area contributed by atoms with Crippen LogP contribution in [0.25, 0.3) is 0 Å². The molecule has 17 heavy (non-hydrogen) atoms. The summed E-state index contributed by atoms with van der Waals surface area (Å²) < 4.78 is 0.979. The topological polar surface area (TPSA) is 46.2 Å². The monoisotopic (exact) mass is 295 g/mol. The van der Waals surface area contributed by atoms with E-state index < -0.39 is 0 Å². The van der Waals surface area contributed by atoms with Gasteiger partial charge in [0.2, 0.25) is 5.91 Å². The van der Waals surface area contributed by atoms with Crippen molar-refractivity contribution in [1.29, 1.82) is 0 Å². The van der Waals surface area contributed by atoms with Crippen molar-refractivity contribution in [2.45, 2.75) is 32.2 Å². The molecule has 1 aromatic carbocycles. The number of halogens is 1. The molecule has 1 aromatic rings. The van der Waals surface area contributed by atoms with Gasteiger partial charge in [-0.3, -0.25) is 9.59 Å². The summed E-state index contributed by atoms with van der Waals surface area (Å²) in [4.78, 5) is 23.4. The largest absolute Gasteiger partial charge is 0.346 e. The number of hydrogen-bond donors (Lipinski definition) is 1. The quantitative estimate of drug-likeness (QED) is 0.809. The Morgan fingerprint density at radius 1 is 1.47 bits per heavy atom. The molecule has 0 fully saturated rings. The standard InChI is InChI=1S/C13H14BrNO2/c1-8(16)15-12-7-3-4-9-10(13(12)17)5-2-6-11(9)14/h2,5-6,12H,3-4,7H2,1H3,(H,15,16). The molecule has 2 rings (SSSR count). The van der Waals surface area contributed by atoms with Gasteiger partial charge < -0.3 is 5.32 Å². The number of ketones is 1.